The smallest absolute Gasteiger partial charge is 0.148 e. The second-order valence-electron chi connectivity index (χ2n) is 20.5. The molecule has 0 bridgehead atoms. The van der Waals surface area contributed by atoms with Crippen molar-refractivity contribution in [2.24, 2.45) is 0 Å². The molecule has 2 heterocycles. The fourth-order valence-electron chi connectivity index (χ4n) is 9.93. The molecule has 8 aromatic carbocycles. The van der Waals surface area contributed by atoms with Gasteiger partial charge in [0.25, 0.3) is 0 Å². The van der Waals surface area contributed by atoms with Crippen LogP contribution in [-0.2, 0) is 26.5 Å². The topological polar surface area (TPSA) is 50.9 Å². The number of aryl methyl sites for hydroxylation is 2. The van der Waals surface area contributed by atoms with E-state index in [9.17, 15) is 5.11 Å². The van der Waals surface area contributed by atoms with E-state index in [0.717, 1.165) is 83.6 Å². The van der Waals surface area contributed by atoms with Crippen molar-refractivity contribution < 1.29 is 26.2 Å². The third kappa shape index (κ3) is 9.59. The summed E-state index contributed by atoms with van der Waals surface area (Å²) >= 11 is 0. The molecule has 0 unspecified atom stereocenters. The number of pyridine rings is 1. The van der Waals surface area contributed by atoms with E-state index in [0.29, 0.717) is 11.4 Å². The number of imidazole rings is 1. The van der Waals surface area contributed by atoms with Gasteiger partial charge in [-0.2, -0.15) is 0 Å². The van der Waals surface area contributed by atoms with Gasteiger partial charge in [0.05, 0.1) is 22.3 Å². The number of phenols is 1. The van der Waals surface area contributed by atoms with Crippen LogP contribution in [0, 0.1) is 19.9 Å². The van der Waals surface area contributed by atoms with E-state index in [2.05, 4.69) is 249 Å². The molecule has 0 saturated heterocycles. The summed E-state index contributed by atoms with van der Waals surface area (Å²) in [6.07, 6.45) is 1.89. The Kier molecular flexibility index (Phi) is 13.7. The predicted molar refractivity (Wildman–Crippen MR) is 294 cm³/mol. The van der Waals surface area contributed by atoms with Gasteiger partial charge >= 0.3 is 0 Å². The Hall–Kier alpha value is -7.13. The summed E-state index contributed by atoms with van der Waals surface area (Å²) in [6.45, 7) is 19.9. The van der Waals surface area contributed by atoms with Crippen molar-refractivity contribution >= 4 is 11.0 Å². The van der Waals surface area contributed by atoms with Gasteiger partial charge in [-0.15, -0.1) is 23.8 Å². The predicted octanol–water partition coefficient (Wildman–Crippen LogP) is 17.8. The molecule has 10 aromatic rings. The molecule has 0 aliphatic carbocycles. The first-order chi connectivity index (χ1) is 33.7. The summed E-state index contributed by atoms with van der Waals surface area (Å²) in [5.41, 5.74) is 21.8. The zero-order chi connectivity index (χ0) is 48.8. The van der Waals surface area contributed by atoms with Gasteiger partial charge in [-0.05, 0) is 123 Å². The molecule has 10 rings (SSSR count). The van der Waals surface area contributed by atoms with Crippen molar-refractivity contribution in [3.63, 3.8) is 0 Å². The van der Waals surface area contributed by atoms with Gasteiger partial charge in [0.2, 0.25) is 0 Å². The third-order valence-corrected chi connectivity index (χ3v) is 13.7. The molecule has 0 saturated carbocycles. The molecule has 2 aromatic heterocycles. The van der Waals surface area contributed by atoms with Gasteiger partial charge in [-0.1, -0.05) is 204 Å². The van der Waals surface area contributed by atoms with E-state index < -0.39 is 0 Å². The van der Waals surface area contributed by atoms with Gasteiger partial charge in [0.1, 0.15) is 11.6 Å². The van der Waals surface area contributed by atoms with E-state index >= 15 is 0 Å². The molecule has 0 amide bonds. The van der Waals surface area contributed by atoms with Crippen LogP contribution in [0.2, 0.25) is 0 Å². The van der Waals surface area contributed by atoms with Crippen LogP contribution in [0.5, 0.6) is 5.75 Å². The van der Waals surface area contributed by atoms with Crippen LogP contribution in [-0.4, -0.2) is 19.6 Å². The van der Waals surface area contributed by atoms with Crippen LogP contribution in [0.15, 0.2) is 182 Å². The molecule has 356 valence electrons. The Morgan fingerprint density at radius 2 is 1.20 bits per heavy atom. The maximum absolute atomic E-state index is 12.4. The largest absolute Gasteiger partial charge is 0.507 e. The zero-order valence-corrected chi connectivity index (χ0v) is 44.4. The van der Waals surface area contributed by atoms with E-state index in [1.54, 1.807) is 0 Å². The standard InChI is InChI=1S/C66H60N3O.Pt/c1-41(2)50-38-56(42(3)4)64(70)57(39-50)65-68-63-55(52-35-51(45-18-12-10-13-19-45)36-53(37-52)59-40-48(32-33-67-59)46-28-26-43(5)27-29-46)23-17-25-61(63)69(65)60-31-30-49(34-44(60)6)62-54(47-20-14-11-15-21-47)22-16-24-58(62)66(7,8)9;/h10-36,38-42,70H,1-9H3;/q-1;. The normalized spacial score (nSPS) is 11.6. The number of rotatable bonds is 10. The SMILES string of the molecule is Cc1ccc(-c2ccnc(-c3[c-]c(-c4cccc5c4nc(-c4cc(C(C)C)cc(C(C)C)c4O)n5-c4ccc(-c5c(-c6ccccc6)cccc5C(C)(C)C)cc4C)cc(-c4ccccc4)c3)c2)cc1.[Pt]. The molecule has 0 atom stereocenters. The molecule has 71 heavy (non-hydrogen) atoms. The number of fused-ring (bicyclic) bond motifs is 1. The number of hydrogen-bond acceptors (Lipinski definition) is 3. The van der Waals surface area contributed by atoms with Gasteiger partial charge in [0, 0.05) is 33.0 Å². The van der Waals surface area contributed by atoms with E-state index in [1.807, 2.05) is 6.20 Å². The van der Waals surface area contributed by atoms with Crippen LogP contribution >= 0.6 is 0 Å². The van der Waals surface area contributed by atoms with E-state index in [4.69, 9.17) is 9.97 Å². The van der Waals surface area contributed by atoms with Crippen molar-refractivity contribution in [2.45, 2.75) is 79.6 Å². The molecular formula is C66H60N3OPt-. The molecule has 0 spiro atoms. The maximum Gasteiger partial charge on any atom is 0.148 e. The molecule has 0 radical (unpaired) electrons. The molecule has 0 aliphatic heterocycles. The summed E-state index contributed by atoms with van der Waals surface area (Å²) in [5.74, 6) is 1.28. The Morgan fingerprint density at radius 1 is 0.549 bits per heavy atom. The Bertz CT molecular complexity index is 3540. The molecular weight excluding hydrogens is 1050 g/mol. The number of benzene rings is 8. The van der Waals surface area contributed by atoms with Gasteiger partial charge in [-0.25, -0.2) is 4.98 Å². The second kappa shape index (κ2) is 19.9. The fraction of sp³-hybridized carbons (Fsp3) is 0.182. The number of hydrogen-bond donors (Lipinski definition) is 1. The third-order valence-electron chi connectivity index (χ3n) is 13.7. The monoisotopic (exact) mass is 1110 g/mol. The van der Waals surface area contributed by atoms with Crippen molar-refractivity contribution in [1.29, 1.82) is 0 Å². The Balaban J connectivity index is 0.00000624. The van der Waals surface area contributed by atoms with Crippen LogP contribution in [0.1, 0.15) is 88.1 Å². The summed E-state index contributed by atoms with van der Waals surface area (Å²) in [7, 11) is 0. The second-order valence-corrected chi connectivity index (χ2v) is 20.5. The Morgan fingerprint density at radius 3 is 1.87 bits per heavy atom. The molecule has 1 N–H and O–H groups in total. The number of aromatic nitrogens is 3. The Labute approximate surface area is 434 Å². The number of phenolic OH excluding ortho intramolecular Hbond substituents is 1. The summed E-state index contributed by atoms with van der Waals surface area (Å²) in [4.78, 5) is 10.6. The number of nitrogens with zero attached hydrogens (tertiary/aromatic N) is 3. The maximum atomic E-state index is 12.4. The van der Waals surface area contributed by atoms with Crippen LogP contribution in [0.4, 0.5) is 0 Å². The molecule has 4 nitrogen and oxygen atoms in total. The number of aromatic hydroxyl groups is 1. The summed E-state index contributed by atoms with van der Waals surface area (Å²) < 4.78 is 2.27. The minimum absolute atomic E-state index is 0. The quantitative estimate of drug-likeness (QED) is 0.139. The van der Waals surface area contributed by atoms with Crippen molar-refractivity contribution in [3.8, 4) is 89.7 Å². The first-order valence-corrected chi connectivity index (χ1v) is 24.6. The molecule has 0 fully saturated rings. The average molecular weight is 1110 g/mol. The van der Waals surface area contributed by atoms with Crippen molar-refractivity contribution in [1.82, 2.24) is 14.5 Å². The minimum Gasteiger partial charge on any atom is -0.507 e. The van der Waals surface area contributed by atoms with Crippen molar-refractivity contribution in [3.05, 3.63) is 216 Å². The van der Waals surface area contributed by atoms with Crippen molar-refractivity contribution in [2.75, 3.05) is 0 Å². The van der Waals surface area contributed by atoms with E-state index in [-0.39, 0.29) is 44.1 Å². The first kappa shape index (κ1) is 48.9. The molecule has 5 heteroatoms. The van der Waals surface area contributed by atoms with Gasteiger partial charge in [-0.3, -0.25) is 9.55 Å². The van der Waals surface area contributed by atoms with E-state index in [1.165, 1.54) is 27.8 Å². The fourth-order valence-corrected chi connectivity index (χ4v) is 9.93. The van der Waals surface area contributed by atoms with Crippen LogP contribution in [0.25, 0.3) is 95.0 Å². The van der Waals surface area contributed by atoms with Gasteiger partial charge in [0.15, 0.2) is 0 Å². The zero-order valence-electron chi connectivity index (χ0n) is 42.1. The van der Waals surface area contributed by atoms with Crippen LogP contribution in [0.3, 0.4) is 0 Å². The summed E-state index contributed by atoms with van der Waals surface area (Å²) in [6, 6.07) is 66.6. The first-order valence-electron chi connectivity index (χ1n) is 24.6. The van der Waals surface area contributed by atoms with Gasteiger partial charge < -0.3 is 5.11 Å². The summed E-state index contributed by atoms with van der Waals surface area (Å²) in [5, 5.41) is 12.4. The average Bonchev–Trinajstić information content (AvgIpc) is 3.75. The van der Waals surface area contributed by atoms with Crippen LogP contribution < -0.4 is 0 Å². The minimum atomic E-state index is -0.0987. The molecule has 0 aliphatic rings. The number of para-hydroxylation sites is 1.